The topological polar surface area (TPSA) is 52.7 Å². The highest BCUT2D eigenvalue weighted by atomic mass is 16.2. The molecule has 2 heterocycles. The molecule has 19 heavy (non-hydrogen) atoms. The van der Waals surface area contributed by atoms with Crippen LogP contribution in [0.15, 0.2) is 0 Å². The fourth-order valence-electron chi connectivity index (χ4n) is 2.97. The number of carbonyl (C=O) groups is 2. The van der Waals surface area contributed by atoms with Crippen LogP contribution in [-0.2, 0) is 9.59 Å². The lowest BCUT2D eigenvalue weighted by molar-refractivity contribution is -0.142. The Morgan fingerprint density at radius 3 is 2.63 bits per heavy atom. The molecular weight excluding hydrogens is 242 g/mol. The molecule has 108 valence electrons. The van der Waals surface area contributed by atoms with Gasteiger partial charge < -0.3 is 15.1 Å². The highest BCUT2D eigenvalue weighted by Gasteiger charge is 2.26. The zero-order chi connectivity index (χ0) is 13.7. The Morgan fingerprint density at radius 1 is 1.26 bits per heavy atom. The quantitative estimate of drug-likeness (QED) is 0.805. The van der Waals surface area contributed by atoms with E-state index in [0.29, 0.717) is 12.3 Å². The van der Waals surface area contributed by atoms with Crippen LogP contribution in [0, 0.1) is 5.92 Å². The van der Waals surface area contributed by atoms with Gasteiger partial charge >= 0.3 is 0 Å². The maximum absolute atomic E-state index is 12.2. The molecule has 2 saturated heterocycles. The minimum Gasteiger partial charge on any atom is -0.341 e. The standard InChI is InChI=1S/C14H25N3O2/c1-15-10-12-5-8-16(9-6-12)14(19)11-17-7-3-2-4-13(17)18/h12,15H,2-11H2,1H3. The summed E-state index contributed by atoms with van der Waals surface area (Å²) >= 11 is 0. The normalized spacial score (nSPS) is 21.8. The predicted molar refractivity (Wildman–Crippen MR) is 73.7 cm³/mol. The summed E-state index contributed by atoms with van der Waals surface area (Å²) in [7, 11) is 1.97. The summed E-state index contributed by atoms with van der Waals surface area (Å²) in [5.74, 6) is 0.952. The minimum atomic E-state index is 0.123. The van der Waals surface area contributed by atoms with Gasteiger partial charge in [0.1, 0.15) is 0 Å². The summed E-state index contributed by atoms with van der Waals surface area (Å²) in [4.78, 5) is 27.5. The van der Waals surface area contributed by atoms with Gasteiger partial charge in [-0.3, -0.25) is 9.59 Å². The number of nitrogens with zero attached hydrogens (tertiary/aromatic N) is 2. The van der Waals surface area contributed by atoms with E-state index in [0.717, 1.165) is 51.9 Å². The molecule has 2 fully saturated rings. The van der Waals surface area contributed by atoms with Crippen molar-refractivity contribution in [2.45, 2.75) is 32.1 Å². The Morgan fingerprint density at radius 2 is 2.00 bits per heavy atom. The molecule has 0 aromatic carbocycles. The number of carbonyl (C=O) groups excluding carboxylic acids is 2. The third-order valence-electron chi connectivity index (χ3n) is 4.21. The summed E-state index contributed by atoms with van der Waals surface area (Å²) in [5, 5.41) is 3.20. The van der Waals surface area contributed by atoms with Gasteiger partial charge in [-0.1, -0.05) is 0 Å². The van der Waals surface area contributed by atoms with E-state index in [-0.39, 0.29) is 18.4 Å². The maximum atomic E-state index is 12.2. The second kappa shape index (κ2) is 6.89. The second-order valence-electron chi connectivity index (χ2n) is 5.65. The number of nitrogens with one attached hydrogen (secondary N) is 1. The molecule has 1 N–H and O–H groups in total. The fraction of sp³-hybridized carbons (Fsp3) is 0.857. The van der Waals surface area contributed by atoms with Crippen LogP contribution < -0.4 is 5.32 Å². The molecule has 0 aromatic heterocycles. The van der Waals surface area contributed by atoms with E-state index in [2.05, 4.69) is 5.32 Å². The SMILES string of the molecule is CNCC1CCN(C(=O)CN2CCCCC2=O)CC1. The van der Waals surface area contributed by atoms with Crippen molar-refractivity contribution < 1.29 is 9.59 Å². The monoisotopic (exact) mass is 267 g/mol. The molecule has 0 atom stereocenters. The molecule has 0 aromatic rings. The number of amides is 2. The van der Waals surface area contributed by atoms with Gasteiger partial charge in [-0.2, -0.15) is 0 Å². The summed E-state index contributed by atoms with van der Waals surface area (Å²) in [6, 6.07) is 0. The van der Waals surface area contributed by atoms with E-state index in [4.69, 9.17) is 0 Å². The Labute approximate surface area is 115 Å². The van der Waals surface area contributed by atoms with Gasteiger partial charge in [0.05, 0.1) is 6.54 Å². The van der Waals surface area contributed by atoms with Crippen molar-refractivity contribution in [1.82, 2.24) is 15.1 Å². The van der Waals surface area contributed by atoms with Crippen LogP contribution in [0.3, 0.4) is 0 Å². The van der Waals surface area contributed by atoms with E-state index in [1.54, 1.807) is 4.90 Å². The van der Waals surface area contributed by atoms with Gasteiger partial charge in [-0.05, 0) is 45.2 Å². The zero-order valence-electron chi connectivity index (χ0n) is 11.9. The average molecular weight is 267 g/mol. The summed E-state index contributed by atoms with van der Waals surface area (Å²) < 4.78 is 0. The van der Waals surface area contributed by atoms with Gasteiger partial charge in [0, 0.05) is 26.1 Å². The Hall–Kier alpha value is -1.10. The molecule has 0 aliphatic carbocycles. The molecule has 0 saturated carbocycles. The molecule has 5 heteroatoms. The van der Waals surface area contributed by atoms with Crippen molar-refractivity contribution in [2.75, 3.05) is 39.8 Å². The van der Waals surface area contributed by atoms with E-state index < -0.39 is 0 Å². The van der Waals surface area contributed by atoms with Crippen LogP contribution >= 0.6 is 0 Å². The van der Waals surface area contributed by atoms with Crippen LogP contribution in [0.2, 0.25) is 0 Å². The Balaban J connectivity index is 1.76. The molecule has 0 unspecified atom stereocenters. The first-order valence-corrected chi connectivity index (χ1v) is 7.41. The molecule has 2 aliphatic rings. The van der Waals surface area contributed by atoms with E-state index in [1.165, 1.54) is 0 Å². The van der Waals surface area contributed by atoms with Crippen molar-refractivity contribution in [2.24, 2.45) is 5.92 Å². The lowest BCUT2D eigenvalue weighted by Crippen LogP contribution is -2.47. The number of hydrogen-bond donors (Lipinski definition) is 1. The fourth-order valence-corrected chi connectivity index (χ4v) is 2.97. The Kier molecular flexibility index (Phi) is 5.19. The molecule has 0 bridgehead atoms. The first kappa shape index (κ1) is 14.3. The molecular formula is C14H25N3O2. The highest BCUT2D eigenvalue weighted by Crippen LogP contribution is 2.17. The molecule has 2 amide bonds. The van der Waals surface area contributed by atoms with Gasteiger partial charge in [0.15, 0.2) is 0 Å². The second-order valence-corrected chi connectivity index (χ2v) is 5.65. The maximum Gasteiger partial charge on any atom is 0.242 e. The van der Waals surface area contributed by atoms with Crippen molar-refractivity contribution in [3.05, 3.63) is 0 Å². The minimum absolute atomic E-state index is 0.123. The van der Waals surface area contributed by atoms with Crippen molar-refractivity contribution >= 4 is 11.8 Å². The summed E-state index contributed by atoms with van der Waals surface area (Å²) in [6.07, 6.45) is 4.75. The van der Waals surface area contributed by atoms with Gasteiger partial charge in [-0.15, -0.1) is 0 Å². The highest BCUT2D eigenvalue weighted by molar-refractivity contribution is 5.85. The third-order valence-corrected chi connectivity index (χ3v) is 4.21. The van der Waals surface area contributed by atoms with Crippen LogP contribution in [0.1, 0.15) is 32.1 Å². The van der Waals surface area contributed by atoms with Gasteiger partial charge in [0.25, 0.3) is 0 Å². The first-order chi connectivity index (χ1) is 9.20. The molecule has 0 radical (unpaired) electrons. The van der Waals surface area contributed by atoms with Crippen LogP contribution in [-0.4, -0.2) is 61.4 Å². The zero-order valence-corrected chi connectivity index (χ0v) is 11.9. The number of likely N-dealkylation sites (tertiary alicyclic amines) is 2. The summed E-state index contributed by atoms with van der Waals surface area (Å²) in [6.45, 7) is 3.75. The predicted octanol–water partition coefficient (Wildman–Crippen LogP) is 0.457. The van der Waals surface area contributed by atoms with Gasteiger partial charge in [-0.25, -0.2) is 0 Å². The van der Waals surface area contributed by atoms with Crippen LogP contribution in [0.25, 0.3) is 0 Å². The smallest absolute Gasteiger partial charge is 0.242 e. The van der Waals surface area contributed by atoms with E-state index in [1.807, 2.05) is 11.9 Å². The third kappa shape index (κ3) is 3.93. The van der Waals surface area contributed by atoms with Gasteiger partial charge in [0.2, 0.25) is 11.8 Å². The van der Waals surface area contributed by atoms with E-state index in [9.17, 15) is 9.59 Å². The molecule has 5 nitrogen and oxygen atoms in total. The number of hydrogen-bond acceptors (Lipinski definition) is 3. The lowest BCUT2D eigenvalue weighted by atomic mass is 9.97. The van der Waals surface area contributed by atoms with Crippen LogP contribution in [0.5, 0.6) is 0 Å². The van der Waals surface area contributed by atoms with Crippen molar-refractivity contribution in [3.8, 4) is 0 Å². The molecule has 2 aliphatic heterocycles. The molecule has 2 rings (SSSR count). The van der Waals surface area contributed by atoms with Crippen LogP contribution in [0.4, 0.5) is 0 Å². The first-order valence-electron chi connectivity index (χ1n) is 7.41. The molecule has 0 spiro atoms. The Bertz CT molecular complexity index is 325. The summed E-state index contributed by atoms with van der Waals surface area (Å²) in [5.41, 5.74) is 0. The number of piperidine rings is 2. The largest absolute Gasteiger partial charge is 0.341 e. The average Bonchev–Trinajstić information content (AvgIpc) is 2.42. The number of rotatable bonds is 4. The van der Waals surface area contributed by atoms with E-state index >= 15 is 0 Å². The van der Waals surface area contributed by atoms with Crippen molar-refractivity contribution in [1.29, 1.82) is 0 Å². The van der Waals surface area contributed by atoms with Crippen molar-refractivity contribution in [3.63, 3.8) is 0 Å². The lowest BCUT2D eigenvalue weighted by Gasteiger charge is -2.34.